The summed E-state index contributed by atoms with van der Waals surface area (Å²) in [6.45, 7) is 1.91. The number of ether oxygens (including phenoxy) is 1. The highest BCUT2D eigenvalue weighted by atomic mass is 79.9. The summed E-state index contributed by atoms with van der Waals surface area (Å²) in [5, 5.41) is 4.89. The van der Waals surface area contributed by atoms with Gasteiger partial charge in [-0.3, -0.25) is 4.79 Å². The van der Waals surface area contributed by atoms with E-state index in [4.69, 9.17) is 4.74 Å². The minimum Gasteiger partial charge on any atom is -1.00 e. The molecule has 0 saturated carbocycles. The molecule has 1 fully saturated rings. The van der Waals surface area contributed by atoms with Crippen molar-refractivity contribution in [2.24, 2.45) is 0 Å². The van der Waals surface area contributed by atoms with Crippen LogP contribution in [0, 0.1) is 6.92 Å². The molecule has 1 amide bonds. The zero-order chi connectivity index (χ0) is 18.6. The maximum absolute atomic E-state index is 12.8. The lowest BCUT2D eigenvalue weighted by molar-refractivity contribution is -0.113. The average Bonchev–Trinajstić information content (AvgIpc) is 3.23. The van der Waals surface area contributed by atoms with E-state index in [0.29, 0.717) is 16.7 Å². The molecule has 27 heavy (non-hydrogen) atoms. The van der Waals surface area contributed by atoms with E-state index >= 15 is 0 Å². The Morgan fingerprint density at radius 1 is 1.19 bits per heavy atom. The van der Waals surface area contributed by atoms with Crippen molar-refractivity contribution in [3.05, 3.63) is 51.7 Å². The zero-order valence-corrected chi connectivity index (χ0v) is 19.0. The molecule has 146 valence electrons. The fourth-order valence-electron chi connectivity index (χ4n) is 3.68. The van der Waals surface area contributed by atoms with Crippen LogP contribution in [0.5, 0.6) is 0 Å². The van der Waals surface area contributed by atoms with Crippen LogP contribution in [-0.2, 0) is 15.7 Å². The summed E-state index contributed by atoms with van der Waals surface area (Å²) in [4.78, 5) is 25.2. The maximum atomic E-state index is 12.8. The van der Waals surface area contributed by atoms with Gasteiger partial charge in [0.1, 0.15) is 11.0 Å². The molecular formula is C20H25BrNO3PS. The number of hydrogen-bond acceptors (Lipinski definition) is 4. The van der Waals surface area contributed by atoms with Gasteiger partial charge < -0.3 is 27.0 Å². The fourth-order valence-corrected chi connectivity index (χ4v) is 9.03. The average molecular weight is 470 g/mol. The van der Waals surface area contributed by atoms with Crippen molar-refractivity contribution in [3.63, 3.8) is 0 Å². The molecule has 7 heteroatoms. The quantitative estimate of drug-likeness (QED) is 0.518. The molecule has 3 rings (SSSR count). The largest absolute Gasteiger partial charge is 1.00 e. The Morgan fingerprint density at radius 3 is 2.48 bits per heavy atom. The first kappa shape index (κ1) is 22.1. The van der Waals surface area contributed by atoms with Crippen LogP contribution >= 0.6 is 18.6 Å². The van der Waals surface area contributed by atoms with Crippen LogP contribution in [0.15, 0.2) is 35.7 Å². The molecule has 1 aromatic heterocycles. The Hall–Kier alpha value is -1.23. The lowest BCUT2D eigenvalue weighted by Gasteiger charge is -2.22. The van der Waals surface area contributed by atoms with E-state index in [9.17, 15) is 9.59 Å². The van der Waals surface area contributed by atoms with E-state index in [1.54, 1.807) is 0 Å². The predicted octanol–water partition coefficient (Wildman–Crippen LogP) is 1.80. The van der Waals surface area contributed by atoms with Crippen molar-refractivity contribution in [1.29, 1.82) is 0 Å². The molecule has 1 aliphatic heterocycles. The van der Waals surface area contributed by atoms with Gasteiger partial charge >= 0.3 is 5.97 Å². The third kappa shape index (κ3) is 5.40. The summed E-state index contributed by atoms with van der Waals surface area (Å²) in [5.74, 6) is -0.365. The number of halogens is 1. The molecule has 0 spiro atoms. The molecule has 0 atom stereocenters. The fraction of sp³-hybridized carbons (Fsp3) is 0.400. The van der Waals surface area contributed by atoms with Crippen molar-refractivity contribution >= 4 is 36.2 Å². The van der Waals surface area contributed by atoms with Gasteiger partial charge in [0.2, 0.25) is 0 Å². The molecule has 0 bridgehead atoms. The van der Waals surface area contributed by atoms with Crippen molar-refractivity contribution in [2.45, 2.75) is 25.9 Å². The van der Waals surface area contributed by atoms with Gasteiger partial charge in [0.25, 0.3) is 5.91 Å². The molecule has 1 N–H and O–H groups in total. The van der Waals surface area contributed by atoms with Gasteiger partial charge in [0, 0.05) is 7.26 Å². The number of nitrogens with one attached hydrogen (secondary N) is 1. The van der Waals surface area contributed by atoms with Crippen LogP contribution in [0.1, 0.15) is 33.6 Å². The number of esters is 1. The number of carbonyl (C=O) groups is 2. The van der Waals surface area contributed by atoms with E-state index in [-0.39, 0.29) is 22.9 Å². The van der Waals surface area contributed by atoms with E-state index in [1.165, 1.54) is 49.2 Å². The first-order valence-corrected chi connectivity index (χ1v) is 12.3. The molecule has 1 saturated heterocycles. The van der Waals surface area contributed by atoms with Gasteiger partial charge in [-0.15, -0.1) is 11.3 Å². The standard InChI is InChI=1S/C20H24NO3PS.BrH/c1-15-14-26-19(20(23)24-2)18(15)21-17(22)13-25(10-6-7-11-25)12-16-8-4-3-5-9-16;/h3-5,8-9,14H,6-7,10-13H2,1-2H3;1H. The number of amides is 1. The molecule has 0 radical (unpaired) electrons. The van der Waals surface area contributed by atoms with Crippen molar-refractivity contribution < 1.29 is 31.3 Å². The Labute approximate surface area is 175 Å². The predicted molar refractivity (Wildman–Crippen MR) is 110 cm³/mol. The zero-order valence-electron chi connectivity index (χ0n) is 15.7. The van der Waals surface area contributed by atoms with Gasteiger partial charge in [-0.05, 0) is 36.3 Å². The first-order chi connectivity index (χ1) is 12.5. The summed E-state index contributed by atoms with van der Waals surface area (Å²) in [5.41, 5.74) is 2.85. The van der Waals surface area contributed by atoms with Gasteiger partial charge in [-0.2, -0.15) is 0 Å². The van der Waals surface area contributed by atoms with Crippen LogP contribution in [0.25, 0.3) is 0 Å². The number of thiophene rings is 1. The number of anilines is 1. The number of rotatable bonds is 6. The van der Waals surface area contributed by atoms with Gasteiger partial charge in [0.15, 0.2) is 0 Å². The molecular weight excluding hydrogens is 445 g/mol. The summed E-state index contributed by atoms with van der Waals surface area (Å²) in [6, 6.07) is 10.5. The lowest BCUT2D eigenvalue weighted by Crippen LogP contribution is -3.00. The molecule has 4 nitrogen and oxygen atoms in total. The summed E-state index contributed by atoms with van der Waals surface area (Å²) in [7, 11) is 0.0341. The Morgan fingerprint density at radius 2 is 1.85 bits per heavy atom. The van der Waals surface area contributed by atoms with Crippen molar-refractivity contribution in [2.75, 3.05) is 30.9 Å². The lowest BCUT2D eigenvalue weighted by atomic mass is 10.2. The highest BCUT2D eigenvalue weighted by Gasteiger charge is 2.43. The van der Waals surface area contributed by atoms with Gasteiger partial charge in [0.05, 0.1) is 31.3 Å². The minimum absolute atomic E-state index is 0. The maximum Gasteiger partial charge on any atom is 0.350 e. The number of aryl methyl sites for hydroxylation is 1. The molecule has 0 aliphatic carbocycles. The Balaban J connectivity index is 0.00000261. The summed E-state index contributed by atoms with van der Waals surface area (Å²) < 4.78 is 4.83. The normalized spacial score (nSPS) is 15.0. The summed E-state index contributed by atoms with van der Waals surface area (Å²) in [6.07, 6.45) is 6.44. The van der Waals surface area contributed by atoms with Crippen LogP contribution < -0.4 is 22.3 Å². The molecule has 2 heterocycles. The summed E-state index contributed by atoms with van der Waals surface area (Å²) >= 11 is 1.32. The SMILES string of the molecule is COC(=O)c1scc(C)c1NC(=O)C[P+]1(Cc2ccccc2)CCCC1.[Br-]. The number of benzene rings is 1. The van der Waals surface area contributed by atoms with E-state index in [2.05, 4.69) is 29.6 Å². The second-order valence-corrected chi connectivity index (χ2v) is 12.1. The van der Waals surface area contributed by atoms with Crippen molar-refractivity contribution in [3.8, 4) is 0 Å². The second-order valence-electron chi connectivity index (χ2n) is 6.96. The van der Waals surface area contributed by atoms with E-state index < -0.39 is 13.2 Å². The highest BCUT2D eigenvalue weighted by Crippen LogP contribution is 2.65. The Bertz CT molecular complexity index is 788. The highest BCUT2D eigenvalue weighted by molar-refractivity contribution is 7.76. The van der Waals surface area contributed by atoms with Crippen molar-refractivity contribution in [1.82, 2.24) is 0 Å². The first-order valence-electron chi connectivity index (χ1n) is 8.88. The molecule has 1 aromatic carbocycles. The topological polar surface area (TPSA) is 55.4 Å². The number of methoxy groups -OCH3 is 1. The smallest absolute Gasteiger partial charge is 0.350 e. The Kier molecular flexibility index (Phi) is 8.02. The number of hydrogen-bond donors (Lipinski definition) is 1. The monoisotopic (exact) mass is 469 g/mol. The second kappa shape index (κ2) is 9.81. The van der Waals surface area contributed by atoms with E-state index in [1.807, 2.05) is 18.4 Å². The number of carbonyl (C=O) groups excluding carboxylic acids is 2. The van der Waals surface area contributed by atoms with Crippen LogP contribution in [-0.4, -0.2) is 37.5 Å². The van der Waals surface area contributed by atoms with Gasteiger partial charge in [-0.25, -0.2) is 4.79 Å². The molecule has 2 aromatic rings. The van der Waals surface area contributed by atoms with Gasteiger partial charge in [-0.1, -0.05) is 30.3 Å². The van der Waals surface area contributed by atoms with E-state index in [0.717, 1.165) is 11.7 Å². The molecule has 1 aliphatic rings. The van der Waals surface area contributed by atoms with Crippen LogP contribution in [0.2, 0.25) is 0 Å². The minimum atomic E-state index is -1.33. The third-order valence-corrected chi connectivity index (χ3v) is 10.6. The third-order valence-electron chi connectivity index (χ3n) is 4.96. The van der Waals surface area contributed by atoms with Crippen LogP contribution in [0.3, 0.4) is 0 Å². The molecule has 0 unspecified atom stereocenters. The van der Waals surface area contributed by atoms with Crippen LogP contribution in [0.4, 0.5) is 5.69 Å².